The molecule has 1 rings (SSSR count). The predicted octanol–water partition coefficient (Wildman–Crippen LogP) is 1.09. The number of hydrogen-bond donors (Lipinski definition) is 1. The molecule has 0 amide bonds. The number of aromatic nitrogens is 2. The number of ether oxygens (including phenoxy) is 1. The van der Waals surface area contributed by atoms with E-state index < -0.39 is 5.97 Å². The summed E-state index contributed by atoms with van der Waals surface area (Å²) >= 11 is 0. The largest absolute Gasteiger partial charge is 0.464 e. The third kappa shape index (κ3) is 3.24. The van der Waals surface area contributed by atoms with Crippen LogP contribution in [0.2, 0.25) is 0 Å². The monoisotopic (exact) mass is 219 g/mol. The molecule has 0 saturated heterocycles. The average Bonchev–Trinajstić information content (AvgIpc) is 2.29. The van der Waals surface area contributed by atoms with Gasteiger partial charge in [0.05, 0.1) is 19.5 Å². The lowest BCUT2D eigenvalue weighted by molar-refractivity contribution is 0.0593. The van der Waals surface area contributed by atoms with E-state index >= 15 is 0 Å². The van der Waals surface area contributed by atoms with Crippen molar-refractivity contribution in [2.45, 2.75) is 19.4 Å². The van der Waals surface area contributed by atoms with Crippen LogP contribution in [-0.4, -0.2) is 29.1 Å². The Morgan fingerprint density at radius 1 is 1.62 bits per heavy atom. The first-order valence-electron chi connectivity index (χ1n) is 4.77. The van der Waals surface area contributed by atoms with Gasteiger partial charge in [-0.15, -0.1) is 12.3 Å². The van der Waals surface area contributed by atoms with Gasteiger partial charge in [-0.05, 0) is 6.92 Å². The van der Waals surface area contributed by atoms with Crippen molar-refractivity contribution < 1.29 is 9.53 Å². The van der Waals surface area contributed by atoms with Crippen molar-refractivity contribution in [1.29, 1.82) is 0 Å². The van der Waals surface area contributed by atoms with Gasteiger partial charge in [0.1, 0.15) is 5.82 Å². The highest BCUT2D eigenvalue weighted by Gasteiger charge is 2.08. The number of nitrogens with zero attached hydrogens (tertiary/aromatic N) is 2. The Morgan fingerprint density at radius 3 is 2.88 bits per heavy atom. The first-order chi connectivity index (χ1) is 7.67. The van der Waals surface area contributed by atoms with E-state index in [1.807, 2.05) is 6.92 Å². The van der Waals surface area contributed by atoms with Crippen LogP contribution >= 0.6 is 0 Å². The second-order valence-electron chi connectivity index (χ2n) is 3.23. The summed E-state index contributed by atoms with van der Waals surface area (Å²) < 4.78 is 4.51. The van der Waals surface area contributed by atoms with Gasteiger partial charge in [-0.25, -0.2) is 14.8 Å². The van der Waals surface area contributed by atoms with Crippen LogP contribution in [0.15, 0.2) is 12.4 Å². The maximum atomic E-state index is 11.1. The molecule has 1 N–H and O–H groups in total. The molecule has 1 aromatic rings. The number of rotatable bonds is 4. The third-order valence-electron chi connectivity index (χ3n) is 1.86. The number of esters is 1. The maximum Gasteiger partial charge on any atom is 0.358 e. The zero-order valence-corrected chi connectivity index (χ0v) is 9.23. The molecule has 0 radical (unpaired) electrons. The molecule has 0 aliphatic carbocycles. The number of terminal acetylenes is 1. The molecule has 0 spiro atoms. The first kappa shape index (κ1) is 12.0. The first-order valence-corrected chi connectivity index (χ1v) is 4.77. The fraction of sp³-hybridized carbons (Fsp3) is 0.364. The number of carbonyl (C=O) groups is 1. The molecule has 16 heavy (non-hydrogen) atoms. The van der Waals surface area contributed by atoms with E-state index in [1.165, 1.54) is 19.5 Å². The molecule has 0 aliphatic rings. The summed E-state index contributed by atoms with van der Waals surface area (Å²) in [5.74, 6) is 2.62. The molecule has 5 nitrogen and oxygen atoms in total. The van der Waals surface area contributed by atoms with Crippen LogP contribution < -0.4 is 5.32 Å². The van der Waals surface area contributed by atoms with Crippen LogP contribution in [0.3, 0.4) is 0 Å². The van der Waals surface area contributed by atoms with E-state index in [1.54, 1.807) is 0 Å². The smallest absolute Gasteiger partial charge is 0.358 e. The maximum absolute atomic E-state index is 11.1. The van der Waals surface area contributed by atoms with Crippen molar-refractivity contribution in [3.05, 3.63) is 18.1 Å². The average molecular weight is 219 g/mol. The number of hydrogen-bond acceptors (Lipinski definition) is 5. The Kier molecular flexibility index (Phi) is 4.28. The van der Waals surface area contributed by atoms with Crippen molar-refractivity contribution in [3.63, 3.8) is 0 Å². The number of methoxy groups -OCH3 is 1. The fourth-order valence-corrected chi connectivity index (χ4v) is 1.09. The Balaban J connectivity index is 2.65. The summed E-state index contributed by atoms with van der Waals surface area (Å²) in [5.41, 5.74) is 0.178. The van der Waals surface area contributed by atoms with Crippen LogP contribution in [0, 0.1) is 12.3 Å². The molecule has 84 valence electrons. The van der Waals surface area contributed by atoms with Gasteiger partial charge in [-0.2, -0.15) is 0 Å². The van der Waals surface area contributed by atoms with Crippen LogP contribution in [-0.2, 0) is 4.74 Å². The van der Waals surface area contributed by atoms with Gasteiger partial charge >= 0.3 is 5.97 Å². The summed E-state index contributed by atoms with van der Waals surface area (Å²) in [5, 5.41) is 3.06. The van der Waals surface area contributed by atoms with Gasteiger partial charge in [-0.1, -0.05) is 0 Å². The Hall–Kier alpha value is -2.09. The third-order valence-corrected chi connectivity index (χ3v) is 1.86. The quantitative estimate of drug-likeness (QED) is 0.606. The summed E-state index contributed by atoms with van der Waals surface area (Å²) in [4.78, 5) is 19.0. The molecular formula is C11H13N3O2. The zero-order valence-electron chi connectivity index (χ0n) is 9.23. The lowest BCUT2D eigenvalue weighted by atomic mass is 10.2. The molecular weight excluding hydrogens is 206 g/mol. The lowest BCUT2D eigenvalue weighted by Crippen LogP contribution is -2.16. The van der Waals surface area contributed by atoms with E-state index in [2.05, 4.69) is 25.9 Å². The van der Waals surface area contributed by atoms with Crippen molar-refractivity contribution in [2.75, 3.05) is 12.4 Å². The molecule has 0 saturated carbocycles. The van der Waals surface area contributed by atoms with Crippen LogP contribution in [0.4, 0.5) is 5.82 Å². The number of carbonyl (C=O) groups excluding carboxylic acids is 1. The normalized spacial score (nSPS) is 11.3. The highest BCUT2D eigenvalue weighted by atomic mass is 16.5. The molecule has 0 aliphatic heterocycles. The molecule has 0 fully saturated rings. The van der Waals surface area contributed by atoms with Crippen molar-refractivity contribution in [2.24, 2.45) is 0 Å². The SMILES string of the molecule is C#CCC(C)Nc1cnc(C(=O)OC)cn1. The minimum Gasteiger partial charge on any atom is -0.464 e. The van der Waals surface area contributed by atoms with Gasteiger partial charge in [0, 0.05) is 12.5 Å². The summed E-state index contributed by atoms with van der Waals surface area (Å²) in [6.45, 7) is 1.94. The summed E-state index contributed by atoms with van der Waals surface area (Å²) in [6, 6.07) is 0.114. The van der Waals surface area contributed by atoms with E-state index in [4.69, 9.17) is 6.42 Å². The highest BCUT2D eigenvalue weighted by Crippen LogP contribution is 2.05. The molecule has 0 aromatic carbocycles. The topological polar surface area (TPSA) is 64.1 Å². The Bertz CT molecular complexity index is 395. The standard InChI is InChI=1S/C11H13N3O2/c1-4-5-8(2)14-10-7-12-9(6-13-10)11(15)16-3/h1,6-8H,5H2,2-3H3,(H,13,14). The second kappa shape index (κ2) is 5.71. The van der Waals surface area contributed by atoms with Crippen LogP contribution in [0.1, 0.15) is 23.8 Å². The molecule has 1 atom stereocenters. The minimum atomic E-state index is -0.504. The lowest BCUT2D eigenvalue weighted by Gasteiger charge is -2.10. The van der Waals surface area contributed by atoms with E-state index in [-0.39, 0.29) is 11.7 Å². The van der Waals surface area contributed by atoms with Gasteiger partial charge in [0.25, 0.3) is 0 Å². The van der Waals surface area contributed by atoms with Gasteiger partial charge in [0.15, 0.2) is 5.69 Å². The van der Waals surface area contributed by atoms with Gasteiger partial charge < -0.3 is 10.1 Å². The number of anilines is 1. The Morgan fingerprint density at radius 2 is 2.38 bits per heavy atom. The van der Waals surface area contributed by atoms with Crippen molar-refractivity contribution in [1.82, 2.24) is 9.97 Å². The van der Waals surface area contributed by atoms with E-state index in [9.17, 15) is 4.79 Å². The van der Waals surface area contributed by atoms with E-state index in [0.29, 0.717) is 12.2 Å². The van der Waals surface area contributed by atoms with Crippen molar-refractivity contribution >= 4 is 11.8 Å². The minimum absolute atomic E-state index is 0.114. The van der Waals surface area contributed by atoms with Crippen molar-refractivity contribution in [3.8, 4) is 12.3 Å². The van der Waals surface area contributed by atoms with Crippen LogP contribution in [0.25, 0.3) is 0 Å². The molecule has 1 heterocycles. The van der Waals surface area contributed by atoms with Gasteiger partial charge in [0.2, 0.25) is 0 Å². The zero-order chi connectivity index (χ0) is 12.0. The molecule has 1 aromatic heterocycles. The predicted molar refractivity (Wildman–Crippen MR) is 59.9 cm³/mol. The highest BCUT2D eigenvalue weighted by molar-refractivity contribution is 5.86. The molecule has 5 heteroatoms. The second-order valence-corrected chi connectivity index (χ2v) is 3.23. The van der Waals surface area contributed by atoms with E-state index in [0.717, 1.165) is 0 Å². The fourth-order valence-electron chi connectivity index (χ4n) is 1.09. The van der Waals surface area contributed by atoms with Gasteiger partial charge in [-0.3, -0.25) is 0 Å². The van der Waals surface area contributed by atoms with Crippen LogP contribution in [0.5, 0.6) is 0 Å². The Labute approximate surface area is 94.2 Å². The molecule has 0 bridgehead atoms. The number of nitrogens with one attached hydrogen (secondary N) is 1. The molecule has 1 unspecified atom stereocenters. The summed E-state index contributed by atoms with van der Waals surface area (Å²) in [6.07, 6.45) is 8.60. The summed E-state index contributed by atoms with van der Waals surface area (Å²) in [7, 11) is 1.30.